The van der Waals surface area contributed by atoms with E-state index in [9.17, 15) is 4.79 Å². The fourth-order valence-electron chi connectivity index (χ4n) is 1.94. The lowest BCUT2D eigenvalue weighted by Crippen LogP contribution is -2.14. The van der Waals surface area contributed by atoms with Crippen LogP contribution in [0.5, 0.6) is 0 Å². The topological polar surface area (TPSA) is 87.7 Å². The third-order valence-corrected chi connectivity index (χ3v) is 3.81. The molecule has 4 N–H and O–H groups in total. The first-order valence-corrected chi connectivity index (χ1v) is 7.95. The zero-order chi connectivity index (χ0) is 15.7. The van der Waals surface area contributed by atoms with Crippen LogP contribution < -0.4 is 11.1 Å². The summed E-state index contributed by atoms with van der Waals surface area (Å²) in [6.45, 7) is 2.17. The molecule has 0 unspecified atom stereocenters. The number of nitrogens with zero attached hydrogens (tertiary/aromatic N) is 1. The molecule has 0 aromatic heterocycles. The molecule has 0 aliphatic rings. The summed E-state index contributed by atoms with van der Waals surface area (Å²) in [6.07, 6.45) is 6.13. The fraction of sp³-hybridized carbons (Fsp3) is 0.467. The summed E-state index contributed by atoms with van der Waals surface area (Å²) in [5, 5.41) is 14.4. The van der Waals surface area contributed by atoms with Crippen LogP contribution in [0.4, 0.5) is 5.69 Å². The van der Waals surface area contributed by atoms with E-state index < -0.39 is 0 Å². The summed E-state index contributed by atoms with van der Waals surface area (Å²) in [5.41, 5.74) is 6.78. The van der Waals surface area contributed by atoms with E-state index in [0.29, 0.717) is 22.1 Å². The Kier molecular flexibility index (Phi) is 7.82. The fourth-order valence-corrected chi connectivity index (χ4v) is 2.41. The smallest absolute Gasteiger partial charge is 0.224 e. The van der Waals surface area contributed by atoms with Gasteiger partial charge in [0.05, 0.1) is 5.69 Å². The van der Waals surface area contributed by atoms with Crippen molar-refractivity contribution in [3.05, 3.63) is 28.2 Å². The number of hydrogen-bond acceptors (Lipinski definition) is 3. The Hall–Kier alpha value is -1.56. The van der Waals surface area contributed by atoms with Gasteiger partial charge < -0.3 is 16.3 Å². The highest BCUT2D eigenvalue weighted by Crippen LogP contribution is 2.24. The molecule has 1 rings (SSSR count). The second kappa shape index (κ2) is 9.39. The normalized spacial score (nSPS) is 11.4. The minimum Gasteiger partial charge on any atom is -0.409 e. The van der Waals surface area contributed by atoms with Gasteiger partial charge in [-0.2, -0.15) is 0 Å². The molecule has 1 aromatic carbocycles. The highest BCUT2D eigenvalue weighted by molar-refractivity contribution is 9.10. The number of unbranched alkanes of at least 4 members (excludes halogenated alkanes) is 4. The second-order valence-electron chi connectivity index (χ2n) is 4.89. The van der Waals surface area contributed by atoms with Gasteiger partial charge in [-0.15, -0.1) is 0 Å². The summed E-state index contributed by atoms with van der Waals surface area (Å²) in [4.78, 5) is 11.9. The van der Waals surface area contributed by atoms with Gasteiger partial charge in [0, 0.05) is 16.5 Å². The number of oxime groups is 1. The lowest BCUT2D eigenvalue weighted by Gasteiger charge is -2.09. The Morgan fingerprint density at radius 1 is 1.33 bits per heavy atom. The van der Waals surface area contributed by atoms with Gasteiger partial charge in [0.15, 0.2) is 5.84 Å². The lowest BCUT2D eigenvalue weighted by atomic mass is 10.1. The number of amidine groups is 1. The van der Waals surface area contributed by atoms with E-state index in [-0.39, 0.29) is 11.7 Å². The van der Waals surface area contributed by atoms with Gasteiger partial charge in [-0.1, -0.05) is 37.8 Å². The zero-order valence-corrected chi connectivity index (χ0v) is 13.8. The van der Waals surface area contributed by atoms with Gasteiger partial charge in [0.2, 0.25) is 5.91 Å². The van der Waals surface area contributed by atoms with Gasteiger partial charge in [-0.25, -0.2) is 0 Å². The predicted molar refractivity (Wildman–Crippen MR) is 88.7 cm³/mol. The van der Waals surface area contributed by atoms with Crippen molar-refractivity contribution in [2.75, 3.05) is 5.32 Å². The summed E-state index contributed by atoms with van der Waals surface area (Å²) in [6, 6.07) is 5.12. The van der Waals surface area contributed by atoms with Crippen molar-refractivity contribution >= 4 is 33.4 Å². The zero-order valence-electron chi connectivity index (χ0n) is 12.2. The Morgan fingerprint density at radius 2 is 2.05 bits per heavy atom. The Labute approximate surface area is 133 Å². The van der Waals surface area contributed by atoms with Gasteiger partial charge in [0.1, 0.15) is 0 Å². The van der Waals surface area contributed by atoms with E-state index in [1.165, 1.54) is 19.3 Å². The molecule has 0 saturated heterocycles. The summed E-state index contributed by atoms with van der Waals surface area (Å²) in [5.74, 6) is 0.0354. The largest absolute Gasteiger partial charge is 0.409 e. The molecule has 0 bridgehead atoms. The van der Waals surface area contributed by atoms with Crippen LogP contribution >= 0.6 is 15.9 Å². The van der Waals surface area contributed by atoms with Crippen LogP contribution in [0.25, 0.3) is 0 Å². The monoisotopic (exact) mass is 355 g/mol. The molecule has 0 aliphatic heterocycles. The van der Waals surface area contributed by atoms with Gasteiger partial charge in [0.25, 0.3) is 0 Å². The third-order valence-electron chi connectivity index (χ3n) is 3.15. The third kappa shape index (κ3) is 6.16. The van der Waals surface area contributed by atoms with Crippen LogP contribution in [0.1, 0.15) is 51.0 Å². The average Bonchev–Trinajstić information content (AvgIpc) is 2.48. The molecule has 0 radical (unpaired) electrons. The molecule has 0 heterocycles. The number of nitrogens with two attached hydrogens (primary N) is 1. The van der Waals surface area contributed by atoms with Crippen molar-refractivity contribution in [2.45, 2.75) is 45.4 Å². The van der Waals surface area contributed by atoms with Crippen molar-refractivity contribution in [1.82, 2.24) is 0 Å². The molecule has 21 heavy (non-hydrogen) atoms. The molecule has 0 spiro atoms. The minimum absolute atomic E-state index is 0.00347. The first-order chi connectivity index (χ1) is 10.1. The number of amides is 1. The molecular formula is C15H22BrN3O2. The highest BCUT2D eigenvalue weighted by Gasteiger charge is 2.08. The minimum atomic E-state index is 0.00347. The lowest BCUT2D eigenvalue weighted by molar-refractivity contribution is -0.116. The molecule has 116 valence electrons. The second-order valence-corrected chi connectivity index (χ2v) is 5.75. The predicted octanol–water partition coefficient (Wildman–Crippen LogP) is 3.84. The summed E-state index contributed by atoms with van der Waals surface area (Å²) >= 11 is 3.37. The van der Waals surface area contributed by atoms with Gasteiger partial charge >= 0.3 is 0 Å². The molecule has 6 heteroatoms. The van der Waals surface area contributed by atoms with E-state index in [1.807, 2.05) is 0 Å². The molecule has 0 fully saturated rings. The molecular weight excluding hydrogens is 334 g/mol. The summed E-state index contributed by atoms with van der Waals surface area (Å²) < 4.78 is 0.700. The number of carbonyl (C=O) groups excluding carboxylic acids is 1. The number of carbonyl (C=O) groups is 1. The van der Waals surface area contributed by atoms with Crippen molar-refractivity contribution in [1.29, 1.82) is 0 Å². The van der Waals surface area contributed by atoms with Crippen LogP contribution in [0.2, 0.25) is 0 Å². The molecule has 0 atom stereocenters. The van der Waals surface area contributed by atoms with E-state index in [2.05, 4.69) is 33.3 Å². The standard InChI is InChI=1S/C15H22BrN3O2/c1-2-3-4-5-6-7-14(20)18-13-9-8-11(10-12(13)16)15(17)19-21/h8-10,21H,2-7H2,1H3,(H2,17,19)(H,18,20). The molecule has 1 aromatic rings. The number of nitrogens with one attached hydrogen (secondary N) is 1. The molecule has 0 saturated carbocycles. The first-order valence-electron chi connectivity index (χ1n) is 7.15. The molecule has 5 nitrogen and oxygen atoms in total. The van der Waals surface area contributed by atoms with Gasteiger partial charge in [-0.05, 0) is 40.5 Å². The van der Waals surface area contributed by atoms with E-state index >= 15 is 0 Å². The van der Waals surface area contributed by atoms with Crippen LogP contribution in [0.15, 0.2) is 27.8 Å². The SMILES string of the molecule is CCCCCCCC(=O)Nc1ccc(/C(N)=N/O)cc1Br. The quantitative estimate of drug-likeness (QED) is 0.217. The van der Waals surface area contributed by atoms with Gasteiger partial charge in [-0.3, -0.25) is 4.79 Å². The van der Waals surface area contributed by atoms with Crippen molar-refractivity contribution in [2.24, 2.45) is 10.9 Å². The number of anilines is 1. The summed E-state index contributed by atoms with van der Waals surface area (Å²) in [7, 11) is 0. The highest BCUT2D eigenvalue weighted by atomic mass is 79.9. The Morgan fingerprint density at radius 3 is 2.67 bits per heavy atom. The maximum atomic E-state index is 11.9. The van der Waals surface area contributed by atoms with E-state index in [0.717, 1.165) is 12.8 Å². The first kappa shape index (κ1) is 17.5. The Balaban J connectivity index is 2.49. The number of rotatable bonds is 8. The maximum Gasteiger partial charge on any atom is 0.224 e. The maximum absolute atomic E-state index is 11.9. The van der Waals surface area contributed by atoms with Crippen LogP contribution in [0.3, 0.4) is 0 Å². The average molecular weight is 356 g/mol. The van der Waals surface area contributed by atoms with E-state index in [4.69, 9.17) is 10.9 Å². The number of halogens is 1. The Bertz CT molecular complexity index is 504. The number of hydrogen-bond donors (Lipinski definition) is 3. The van der Waals surface area contributed by atoms with Crippen molar-refractivity contribution < 1.29 is 10.0 Å². The van der Waals surface area contributed by atoms with Crippen molar-refractivity contribution in [3.8, 4) is 0 Å². The van der Waals surface area contributed by atoms with Crippen molar-refractivity contribution in [3.63, 3.8) is 0 Å². The van der Waals surface area contributed by atoms with Crippen LogP contribution in [-0.4, -0.2) is 17.0 Å². The molecule has 1 amide bonds. The number of benzene rings is 1. The van der Waals surface area contributed by atoms with Crippen LogP contribution in [-0.2, 0) is 4.79 Å². The molecule has 0 aliphatic carbocycles. The van der Waals surface area contributed by atoms with E-state index in [1.54, 1.807) is 18.2 Å². The van der Waals surface area contributed by atoms with Crippen LogP contribution in [0, 0.1) is 0 Å².